The molecule has 0 aliphatic carbocycles. The molecule has 4 aromatic rings. The van der Waals surface area contributed by atoms with E-state index in [4.69, 9.17) is 0 Å². The lowest BCUT2D eigenvalue weighted by Crippen LogP contribution is -2.14. The summed E-state index contributed by atoms with van der Waals surface area (Å²) in [5.74, 6) is -2.98. The Labute approximate surface area is 174 Å². The number of hydrogen-bond donors (Lipinski definition) is 1. The first-order valence-electron chi connectivity index (χ1n) is 9.09. The number of aromatic nitrogens is 2. The molecule has 0 bridgehead atoms. The number of rotatable bonds is 5. The highest BCUT2D eigenvalue weighted by Gasteiger charge is 2.21. The zero-order valence-electron chi connectivity index (χ0n) is 15.8. The Hall–Kier alpha value is -4.40. The molecule has 0 spiro atoms. The van der Waals surface area contributed by atoms with E-state index in [9.17, 15) is 23.7 Å². The molecule has 9 heteroatoms. The number of nitro groups is 1. The fourth-order valence-corrected chi connectivity index (χ4v) is 3.00. The highest BCUT2D eigenvalue weighted by atomic mass is 19.2. The van der Waals surface area contributed by atoms with Gasteiger partial charge in [-0.25, -0.2) is 13.5 Å². The van der Waals surface area contributed by atoms with Gasteiger partial charge in [0.2, 0.25) is 0 Å². The molecular weight excluding hydrogens is 406 g/mol. The van der Waals surface area contributed by atoms with Gasteiger partial charge in [0, 0.05) is 23.9 Å². The lowest BCUT2D eigenvalue weighted by Gasteiger charge is -2.07. The third-order valence-corrected chi connectivity index (χ3v) is 4.53. The van der Waals surface area contributed by atoms with E-state index < -0.39 is 22.5 Å². The number of carbonyl (C=O) groups excluding carboxylic acids is 1. The van der Waals surface area contributed by atoms with Crippen molar-refractivity contribution in [2.24, 2.45) is 0 Å². The summed E-state index contributed by atoms with van der Waals surface area (Å²) in [5, 5.41) is 17.7. The molecule has 0 radical (unpaired) electrons. The predicted octanol–water partition coefficient (Wildman–Crippen LogP) is 4.98. The second-order valence-corrected chi connectivity index (χ2v) is 6.53. The molecule has 0 saturated carbocycles. The molecule has 0 fully saturated rings. The van der Waals surface area contributed by atoms with Gasteiger partial charge in [-0.2, -0.15) is 5.10 Å². The highest BCUT2D eigenvalue weighted by molar-refractivity contribution is 6.08. The Kier molecular flexibility index (Phi) is 5.23. The Morgan fingerprint density at radius 3 is 2.35 bits per heavy atom. The van der Waals surface area contributed by atoms with Gasteiger partial charge in [-0.15, -0.1) is 0 Å². The minimum Gasteiger partial charge on any atom is -0.319 e. The van der Waals surface area contributed by atoms with Crippen molar-refractivity contribution < 1.29 is 18.5 Å². The fourth-order valence-electron chi connectivity index (χ4n) is 3.00. The SMILES string of the molecule is O=C(Nc1cccc(F)c1F)c1cn(-c2ccccc2)nc1-c1ccc([N+](=O)[O-])cc1. The Morgan fingerprint density at radius 2 is 1.68 bits per heavy atom. The van der Waals surface area contributed by atoms with Gasteiger partial charge in [-0.05, 0) is 36.4 Å². The van der Waals surface area contributed by atoms with Crippen LogP contribution in [0.1, 0.15) is 10.4 Å². The number of para-hydroxylation sites is 1. The molecule has 154 valence electrons. The van der Waals surface area contributed by atoms with Crippen molar-refractivity contribution in [3.63, 3.8) is 0 Å². The maximum absolute atomic E-state index is 14.0. The van der Waals surface area contributed by atoms with Crippen LogP contribution in [-0.4, -0.2) is 20.6 Å². The number of anilines is 1. The van der Waals surface area contributed by atoms with Crippen molar-refractivity contribution in [2.45, 2.75) is 0 Å². The van der Waals surface area contributed by atoms with E-state index in [0.717, 1.165) is 6.07 Å². The molecule has 4 rings (SSSR count). The standard InChI is InChI=1S/C22H14F2N4O3/c23-18-7-4-8-19(20(18)24)25-22(29)17-13-27(15-5-2-1-3-6-15)26-21(17)14-9-11-16(12-10-14)28(30)31/h1-13H,(H,25,29). The normalized spacial score (nSPS) is 10.6. The van der Waals surface area contributed by atoms with Crippen molar-refractivity contribution in [2.75, 3.05) is 5.32 Å². The fraction of sp³-hybridized carbons (Fsp3) is 0. The summed E-state index contributed by atoms with van der Waals surface area (Å²) in [4.78, 5) is 23.3. The second-order valence-electron chi connectivity index (χ2n) is 6.53. The summed E-state index contributed by atoms with van der Waals surface area (Å²) in [6, 6.07) is 18.0. The first kappa shape index (κ1) is 19.9. The van der Waals surface area contributed by atoms with Crippen molar-refractivity contribution in [3.8, 4) is 16.9 Å². The van der Waals surface area contributed by atoms with E-state index in [1.54, 1.807) is 24.3 Å². The molecule has 1 N–H and O–H groups in total. The summed E-state index contributed by atoms with van der Waals surface area (Å²) in [5.41, 5.74) is 1.01. The monoisotopic (exact) mass is 420 g/mol. The zero-order chi connectivity index (χ0) is 22.0. The van der Waals surface area contributed by atoms with Gasteiger partial charge in [0.1, 0.15) is 5.69 Å². The van der Waals surface area contributed by atoms with Crippen LogP contribution in [0.5, 0.6) is 0 Å². The van der Waals surface area contributed by atoms with Crippen LogP contribution < -0.4 is 5.32 Å². The number of hydrogen-bond acceptors (Lipinski definition) is 4. The van der Waals surface area contributed by atoms with Gasteiger partial charge in [0.15, 0.2) is 11.6 Å². The molecule has 1 heterocycles. The number of halogens is 2. The number of amides is 1. The first-order chi connectivity index (χ1) is 14.9. The first-order valence-corrected chi connectivity index (χ1v) is 9.09. The summed E-state index contributed by atoms with van der Waals surface area (Å²) in [6.45, 7) is 0. The highest BCUT2D eigenvalue weighted by Crippen LogP contribution is 2.27. The van der Waals surface area contributed by atoms with E-state index in [-0.39, 0.29) is 22.6 Å². The van der Waals surface area contributed by atoms with E-state index in [2.05, 4.69) is 10.4 Å². The van der Waals surface area contributed by atoms with Gasteiger partial charge in [-0.3, -0.25) is 14.9 Å². The molecule has 31 heavy (non-hydrogen) atoms. The molecule has 0 aliphatic rings. The lowest BCUT2D eigenvalue weighted by atomic mass is 10.1. The largest absolute Gasteiger partial charge is 0.319 e. The van der Waals surface area contributed by atoms with Crippen molar-refractivity contribution in [1.82, 2.24) is 9.78 Å². The third kappa shape index (κ3) is 4.01. The van der Waals surface area contributed by atoms with Crippen LogP contribution >= 0.6 is 0 Å². The third-order valence-electron chi connectivity index (χ3n) is 4.53. The van der Waals surface area contributed by atoms with Gasteiger partial charge in [0.05, 0.1) is 21.9 Å². The maximum Gasteiger partial charge on any atom is 0.269 e. The van der Waals surface area contributed by atoms with E-state index in [1.165, 1.54) is 47.3 Å². The topological polar surface area (TPSA) is 90.1 Å². The minimum absolute atomic E-state index is 0.0846. The van der Waals surface area contributed by atoms with Gasteiger partial charge in [0.25, 0.3) is 11.6 Å². The van der Waals surface area contributed by atoms with Gasteiger partial charge in [-0.1, -0.05) is 24.3 Å². The maximum atomic E-state index is 14.0. The van der Waals surface area contributed by atoms with Crippen LogP contribution in [0.15, 0.2) is 79.0 Å². The van der Waals surface area contributed by atoms with Crippen molar-refractivity contribution in [1.29, 1.82) is 0 Å². The van der Waals surface area contributed by atoms with E-state index >= 15 is 0 Å². The average molecular weight is 420 g/mol. The summed E-state index contributed by atoms with van der Waals surface area (Å²) < 4.78 is 29.0. The van der Waals surface area contributed by atoms with Crippen molar-refractivity contribution >= 4 is 17.3 Å². The van der Waals surface area contributed by atoms with Crippen LogP contribution in [0.2, 0.25) is 0 Å². The Bertz CT molecular complexity index is 1270. The molecule has 0 atom stereocenters. The number of nitrogens with one attached hydrogen (secondary N) is 1. The number of nitrogens with zero attached hydrogens (tertiary/aromatic N) is 3. The minimum atomic E-state index is -1.18. The van der Waals surface area contributed by atoms with Crippen molar-refractivity contribution in [3.05, 3.63) is 106 Å². The van der Waals surface area contributed by atoms with E-state index in [0.29, 0.717) is 11.3 Å². The number of benzene rings is 3. The predicted molar refractivity (Wildman–Crippen MR) is 110 cm³/mol. The van der Waals surface area contributed by atoms with E-state index in [1.807, 2.05) is 6.07 Å². The Morgan fingerprint density at radius 1 is 0.968 bits per heavy atom. The van der Waals surface area contributed by atoms with Gasteiger partial charge < -0.3 is 5.32 Å². The average Bonchev–Trinajstić information content (AvgIpc) is 3.23. The number of non-ortho nitro benzene ring substituents is 1. The van der Waals surface area contributed by atoms with Crippen LogP contribution in [0.4, 0.5) is 20.2 Å². The van der Waals surface area contributed by atoms with Gasteiger partial charge >= 0.3 is 0 Å². The molecule has 3 aromatic carbocycles. The molecule has 0 saturated heterocycles. The molecule has 0 aliphatic heterocycles. The zero-order valence-corrected chi connectivity index (χ0v) is 15.8. The molecule has 1 aromatic heterocycles. The summed E-state index contributed by atoms with van der Waals surface area (Å²) in [7, 11) is 0. The Balaban J connectivity index is 1.78. The summed E-state index contributed by atoms with van der Waals surface area (Å²) in [6.07, 6.45) is 1.46. The number of nitro benzene ring substituents is 1. The molecule has 0 unspecified atom stereocenters. The second kappa shape index (κ2) is 8.15. The van der Waals surface area contributed by atoms with Crippen LogP contribution in [-0.2, 0) is 0 Å². The van der Waals surface area contributed by atoms with Crippen LogP contribution in [0.3, 0.4) is 0 Å². The molecule has 7 nitrogen and oxygen atoms in total. The summed E-state index contributed by atoms with van der Waals surface area (Å²) >= 11 is 0. The van der Waals surface area contributed by atoms with Crippen LogP contribution in [0.25, 0.3) is 16.9 Å². The quantitative estimate of drug-likeness (QED) is 0.364. The lowest BCUT2D eigenvalue weighted by molar-refractivity contribution is -0.384. The molecule has 1 amide bonds. The smallest absolute Gasteiger partial charge is 0.269 e. The number of carbonyl (C=O) groups is 1. The molecular formula is C22H14F2N4O3. The van der Waals surface area contributed by atoms with Crippen LogP contribution in [0, 0.1) is 21.7 Å².